The van der Waals surface area contributed by atoms with E-state index in [1.54, 1.807) is 18.2 Å². The average molecular weight is 339 g/mol. The van der Waals surface area contributed by atoms with Crippen LogP contribution in [0.1, 0.15) is 31.2 Å². The molecule has 1 atom stereocenters. The van der Waals surface area contributed by atoms with Crippen LogP contribution in [-0.2, 0) is 9.59 Å². The molecule has 0 aliphatic carbocycles. The van der Waals surface area contributed by atoms with Gasteiger partial charge in [-0.25, -0.2) is 0 Å². The Hall–Kier alpha value is -1.75. The lowest BCUT2D eigenvalue weighted by atomic mass is 9.93. The van der Waals surface area contributed by atoms with Crippen molar-refractivity contribution >= 4 is 23.4 Å². The number of carbonyl (C=O) groups excluding carboxylic acids is 2. The number of halogens is 1. The van der Waals surface area contributed by atoms with E-state index in [1.807, 2.05) is 11.8 Å². The largest absolute Gasteiger partial charge is 0.483 e. The zero-order valence-electron chi connectivity index (χ0n) is 13.4. The molecular formula is C17H23ClN2O3. The summed E-state index contributed by atoms with van der Waals surface area (Å²) in [4.78, 5) is 25.0. The van der Waals surface area contributed by atoms with Crippen molar-refractivity contribution in [1.29, 1.82) is 0 Å². The molecule has 0 aromatic heterocycles. The van der Waals surface area contributed by atoms with Crippen molar-refractivity contribution in [3.8, 4) is 5.75 Å². The van der Waals surface area contributed by atoms with Crippen molar-refractivity contribution in [2.75, 3.05) is 19.7 Å². The van der Waals surface area contributed by atoms with Gasteiger partial charge in [0.2, 0.25) is 5.91 Å². The fourth-order valence-electron chi connectivity index (χ4n) is 2.85. The Labute approximate surface area is 141 Å². The highest BCUT2D eigenvalue weighted by atomic mass is 35.5. The van der Waals surface area contributed by atoms with E-state index in [1.165, 1.54) is 0 Å². The molecule has 0 spiro atoms. The monoisotopic (exact) mass is 338 g/mol. The van der Waals surface area contributed by atoms with Crippen LogP contribution in [0.3, 0.4) is 0 Å². The summed E-state index contributed by atoms with van der Waals surface area (Å²) in [5.41, 5.74) is 6.03. The van der Waals surface area contributed by atoms with E-state index in [-0.39, 0.29) is 18.4 Å². The van der Waals surface area contributed by atoms with Crippen LogP contribution in [0.4, 0.5) is 0 Å². The topological polar surface area (TPSA) is 72.6 Å². The van der Waals surface area contributed by atoms with Gasteiger partial charge in [0.05, 0.1) is 0 Å². The summed E-state index contributed by atoms with van der Waals surface area (Å²) in [6.07, 6.45) is 3.11. The molecule has 0 bridgehead atoms. The smallest absolute Gasteiger partial charge is 0.260 e. The highest BCUT2D eigenvalue weighted by Crippen LogP contribution is 2.25. The highest BCUT2D eigenvalue weighted by molar-refractivity contribution is 6.31. The number of rotatable bonds is 6. The Bertz CT molecular complexity index is 577. The number of carbonyl (C=O) groups is 2. The maximum absolute atomic E-state index is 12.3. The van der Waals surface area contributed by atoms with Gasteiger partial charge in [-0.15, -0.1) is 0 Å². The van der Waals surface area contributed by atoms with E-state index in [0.29, 0.717) is 29.7 Å². The summed E-state index contributed by atoms with van der Waals surface area (Å²) in [6, 6.07) is 5.40. The SMILES string of the molecule is Cc1c(Cl)cccc1OCC(=O)N1CCC[C@@H](CCC(N)=O)C1. The first-order valence-corrected chi connectivity index (χ1v) is 8.29. The second-order valence-electron chi connectivity index (χ2n) is 6.00. The van der Waals surface area contributed by atoms with Gasteiger partial charge in [0.15, 0.2) is 6.61 Å². The molecule has 2 N–H and O–H groups in total. The van der Waals surface area contributed by atoms with Gasteiger partial charge in [-0.05, 0) is 44.2 Å². The van der Waals surface area contributed by atoms with Crippen molar-refractivity contribution in [3.05, 3.63) is 28.8 Å². The van der Waals surface area contributed by atoms with Gasteiger partial charge in [-0.3, -0.25) is 9.59 Å². The second-order valence-corrected chi connectivity index (χ2v) is 6.41. The van der Waals surface area contributed by atoms with Gasteiger partial charge in [-0.1, -0.05) is 17.7 Å². The molecule has 0 unspecified atom stereocenters. The number of likely N-dealkylation sites (tertiary alicyclic amines) is 1. The molecule has 126 valence electrons. The summed E-state index contributed by atoms with van der Waals surface area (Å²) >= 11 is 6.04. The quantitative estimate of drug-likeness (QED) is 0.866. The summed E-state index contributed by atoms with van der Waals surface area (Å²) < 4.78 is 5.62. The number of benzene rings is 1. The highest BCUT2D eigenvalue weighted by Gasteiger charge is 2.24. The minimum atomic E-state index is -0.284. The van der Waals surface area contributed by atoms with Gasteiger partial charge >= 0.3 is 0 Å². The van der Waals surface area contributed by atoms with Gasteiger partial charge in [0.25, 0.3) is 5.91 Å². The molecule has 2 amide bonds. The molecule has 1 heterocycles. The molecule has 1 saturated heterocycles. The Balaban J connectivity index is 1.85. The lowest BCUT2D eigenvalue weighted by molar-refractivity contribution is -0.135. The third-order valence-electron chi connectivity index (χ3n) is 4.24. The number of nitrogens with zero attached hydrogens (tertiary/aromatic N) is 1. The normalized spacial score (nSPS) is 17.8. The first-order valence-electron chi connectivity index (χ1n) is 7.91. The van der Waals surface area contributed by atoms with Crippen LogP contribution in [-0.4, -0.2) is 36.4 Å². The molecule has 5 nitrogen and oxygen atoms in total. The molecule has 23 heavy (non-hydrogen) atoms. The zero-order chi connectivity index (χ0) is 16.8. The van der Waals surface area contributed by atoms with Crippen molar-refractivity contribution in [3.63, 3.8) is 0 Å². The number of primary amides is 1. The van der Waals surface area contributed by atoms with E-state index in [0.717, 1.165) is 31.4 Å². The van der Waals surface area contributed by atoms with Crippen molar-refractivity contribution in [1.82, 2.24) is 4.90 Å². The first kappa shape index (κ1) is 17.6. The van der Waals surface area contributed by atoms with E-state index < -0.39 is 0 Å². The van der Waals surface area contributed by atoms with E-state index in [9.17, 15) is 9.59 Å². The molecule has 1 aliphatic heterocycles. The van der Waals surface area contributed by atoms with Crippen molar-refractivity contribution in [2.45, 2.75) is 32.6 Å². The van der Waals surface area contributed by atoms with Gasteiger partial charge in [0.1, 0.15) is 5.75 Å². The lowest BCUT2D eigenvalue weighted by Crippen LogP contribution is -2.42. The summed E-state index contributed by atoms with van der Waals surface area (Å²) in [7, 11) is 0. The van der Waals surface area contributed by atoms with Crippen LogP contribution in [0.25, 0.3) is 0 Å². The predicted octanol–water partition coefficient (Wildman–Crippen LogP) is 2.53. The van der Waals surface area contributed by atoms with Crippen LogP contribution >= 0.6 is 11.6 Å². The number of nitrogens with two attached hydrogens (primary N) is 1. The predicted molar refractivity (Wildman–Crippen MR) is 89.4 cm³/mol. The minimum Gasteiger partial charge on any atom is -0.483 e. The van der Waals surface area contributed by atoms with Crippen molar-refractivity contribution < 1.29 is 14.3 Å². The van der Waals surface area contributed by atoms with E-state index in [4.69, 9.17) is 22.1 Å². The van der Waals surface area contributed by atoms with Gasteiger partial charge < -0.3 is 15.4 Å². The third-order valence-corrected chi connectivity index (χ3v) is 4.65. The van der Waals surface area contributed by atoms with Gasteiger partial charge in [0, 0.05) is 30.1 Å². The van der Waals surface area contributed by atoms with Crippen LogP contribution in [0.2, 0.25) is 5.02 Å². The van der Waals surface area contributed by atoms with Crippen LogP contribution in [0.15, 0.2) is 18.2 Å². The molecule has 0 radical (unpaired) electrons. The molecule has 0 saturated carbocycles. The molecule has 2 rings (SSSR count). The van der Waals surface area contributed by atoms with Crippen LogP contribution in [0, 0.1) is 12.8 Å². The third kappa shape index (κ3) is 5.13. The van der Waals surface area contributed by atoms with Crippen LogP contribution < -0.4 is 10.5 Å². The summed E-state index contributed by atoms with van der Waals surface area (Å²) in [6.45, 7) is 3.28. The molecule has 1 fully saturated rings. The lowest BCUT2D eigenvalue weighted by Gasteiger charge is -2.32. The minimum absolute atomic E-state index is 0.00369. The fraction of sp³-hybridized carbons (Fsp3) is 0.529. The number of hydrogen-bond acceptors (Lipinski definition) is 3. The summed E-state index contributed by atoms with van der Waals surface area (Å²) in [5.74, 6) is 0.655. The Morgan fingerprint density at radius 2 is 2.22 bits per heavy atom. The second kappa shape index (κ2) is 8.20. The average Bonchev–Trinajstić information content (AvgIpc) is 2.54. The van der Waals surface area contributed by atoms with Crippen LogP contribution in [0.5, 0.6) is 5.75 Å². The number of amides is 2. The number of piperidine rings is 1. The summed E-state index contributed by atoms with van der Waals surface area (Å²) in [5, 5.41) is 0.624. The maximum atomic E-state index is 12.3. The van der Waals surface area contributed by atoms with Crippen molar-refractivity contribution in [2.24, 2.45) is 11.7 Å². The zero-order valence-corrected chi connectivity index (χ0v) is 14.1. The molecule has 1 aliphatic rings. The molecule has 1 aromatic rings. The maximum Gasteiger partial charge on any atom is 0.260 e. The Morgan fingerprint density at radius 3 is 2.96 bits per heavy atom. The van der Waals surface area contributed by atoms with E-state index in [2.05, 4.69) is 0 Å². The van der Waals surface area contributed by atoms with Gasteiger partial charge in [-0.2, -0.15) is 0 Å². The molecular weight excluding hydrogens is 316 g/mol. The number of hydrogen-bond donors (Lipinski definition) is 1. The first-order chi connectivity index (χ1) is 11.0. The number of ether oxygens (including phenoxy) is 1. The Kier molecular flexibility index (Phi) is 6.28. The fourth-order valence-corrected chi connectivity index (χ4v) is 3.01. The standard InChI is InChI=1S/C17H23ClN2O3/c1-12-14(18)5-2-6-15(12)23-11-17(22)20-9-3-4-13(10-20)7-8-16(19)21/h2,5-6,13H,3-4,7-11H2,1H3,(H2,19,21)/t13-/m0/s1. The Morgan fingerprint density at radius 1 is 1.43 bits per heavy atom. The molecule has 1 aromatic carbocycles. The van der Waals surface area contributed by atoms with E-state index >= 15 is 0 Å². The molecule has 6 heteroatoms.